The molecule has 0 heterocycles. The molecule has 0 aliphatic carbocycles. The van der Waals surface area contributed by atoms with Crippen LogP contribution in [0, 0.1) is 0 Å². The number of aliphatic hydroxyl groups excluding tert-OH is 1. The molecule has 1 amide bonds. The van der Waals surface area contributed by atoms with Crippen molar-refractivity contribution in [3.63, 3.8) is 0 Å². The van der Waals surface area contributed by atoms with E-state index < -0.39 is 6.09 Å². The van der Waals surface area contributed by atoms with Crippen LogP contribution < -0.4 is 14.8 Å². The van der Waals surface area contributed by atoms with Crippen LogP contribution in [0.2, 0.25) is 0 Å². The molecule has 0 bridgehead atoms. The highest BCUT2D eigenvalue weighted by molar-refractivity contribution is 5.87. The van der Waals surface area contributed by atoms with E-state index >= 15 is 0 Å². The van der Waals surface area contributed by atoms with Crippen molar-refractivity contribution in [3.8, 4) is 11.5 Å². The number of carbonyl (C=O) groups excluding carboxylic acids is 1. The Balaban J connectivity index is 2.80. The number of benzene rings is 1. The first-order valence-electron chi connectivity index (χ1n) is 6.15. The maximum atomic E-state index is 11.5. The standard InChI is InChI=1S/C13H19NO5/c1-3-17-10-5-6-12(18-4-2)11(9-10)14-13(16)19-8-7-15/h5-6,9,15H,3-4,7-8H2,1-2H3,(H,14,16). The molecule has 0 atom stereocenters. The zero-order chi connectivity index (χ0) is 14.1. The lowest BCUT2D eigenvalue weighted by Gasteiger charge is -2.13. The van der Waals surface area contributed by atoms with Gasteiger partial charge in [0.15, 0.2) is 0 Å². The number of amides is 1. The van der Waals surface area contributed by atoms with Crippen molar-refractivity contribution in [1.29, 1.82) is 0 Å². The molecule has 0 aliphatic rings. The average molecular weight is 269 g/mol. The molecule has 6 nitrogen and oxygen atoms in total. The SMILES string of the molecule is CCOc1ccc(OCC)c(NC(=O)OCCO)c1. The van der Waals surface area contributed by atoms with Crippen LogP contribution in [-0.2, 0) is 4.74 Å². The summed E-state index contributed by atoms with van der Waals surface area (Å²) in [5.74, 6) is 1.16. The van der Waals surface area contributed by atoms with Gasteiger partial charge < -0.3 is 19.3 Å². The monoisotopic (exact) mass is 269 g/mol. The van der Waals surface area contributed by atoms with E-state index in [1.54, 1.807) is 18.2 Å². The molecule has 2 N–H and O–H groups in total. The summed E-state index contributed by atoms with van der Waals surface area (Å²) in [5, 5.41) is 11.1. The third-order valence-corrected chi connectivity index (χ3v) is 2.12. The Morgan fingerprint density at radius 1 is 1.26 bits per heavy atom. The van der Waals surface area contributed by atoms with Crippen molar-refractivity contribution in [2.75, 3.05) is 31.7 Å². The number of aliphatic hydroxyl groups is 1. The lowest BCUT2D eigenvalue weighted by Crippen LogP contribution is -2.16. The third kappa shape index (κ3) is 5.05. The molecule has 19 heavy (non-hydrogen) atoms. The molecule has 0 aromatic heterocycles. The van der Waals surface area contributed by atoms with Crippen LogP contribution >= 0.6 is 0 Å². The minimum Gasteiger partial charge on any atom is -0.494 e. The molecule has 0 aliphatic heterocycles. The Kier molecular flexibility index (Phi) is 6.52. The molecule has 1 aromatic carbocycles. The zero-order valence-corrected chi connectivity index (χ0v) is 11.1. The van der Waals surface area contributed by atoms with E-state index in [1.807, 2.05) is 13.8 Å². The topological polar surface area (TPSA) is 77.0 Å². The molecule has 0 spiro atoms. The van der Waals surface area contributed by atoms with Crippen molar-refractivity contribution in [2.45, 2.75) is 13.8 Å². The number of hydrogen-bond acceptors (Lipinski definition) is 5. The summed E-state index contributed by atoms with van der Waals surface area (Å²) in [6, 6.07) is 5.14. The maximum Gasteiger partial charge on any atom is 0.411 e. The van der Waals surface area contributed by atoms with Gasteiger partial charge in [0.2, 0.25) is 0 Å². The third-order valence-electron chi connectivity index (χ3n) is 2.12. The molecular formula is C13H19NO5. The van der Waals surface area contributed by atoms with Crippen molar-refractivity contribution >= 4 is 11.8 Å². The fraction of sp³-hybridized carbons (Fsp3) is 0.462. The van der Waals surface area contributed by atoms with Crippen molar-refractivity contribution < 1.29 is 24.1 Å². The normalized spacial score (nSPS) is 9.84. The predicted octanol–water partition coefficient (Wildman–Crippen LogP) is 2.02. The molecule has 0 saturated heterocycles. The molecule has 0 saturated carbocycles. The highest BCUT2D eigenvalue weighted by atomic mass is 16.6. The van der Waals surface area contributed by atoms with E-state index in [9.17, 15) is 4.79 Å². The summed E-state index contributed by atoms with van der Waals surface area (Å²) >= 11 is 0. The van der Waals surface area contributed by atoms with Gasteiger partial charge in [0.05, 0.1) is 25.5 Å². The number of carbonyl (C=O) groups is 1. The summed E-state index contributed by atoms with van der Waals surface area (Å²) in [6.45, 7) is 4.46. The van der Waals surface area contributed by atoms with E-state index in [1.165, 1.54) is 0 Å². The highest BCUT2D eigenvalue weighted by Crippen LogP contribution is 2.29. The Bertz CT molecular complexity index is 408. The Morgan fingerprint density at radius 3 is 2.63 bits per heavy atom. The maximum absolute atomic E-state index is 11.5. The average Bonchev–Trinajstić information content (AvgIpc) is 2.40. The van der Waals surface area contributed by atoms with Gasteiger partial charge in [0.25, 0.3) is 0 Å². The smallest absolute Gasteiger partial charge is 0.411 e. The molecule has 1 aromatic rings. The summed E-state index contributed by atoms with van der Waals surface area (Å²) in [4.78, 5) is 11.5. The zero-order valence-electron chi connectivity index (χ0n) is 11.1. The molecule has 0 fully saturated rings. The van der Waals surface area contributed by atoms with Crippen molar-refractivity contribution in [2.24, 2.45) is 0 Å². The molecular weight excluding hydrogens is 250 g/mol. The minimum absolute atomic E-state index is 0.0546. The number of ether oxygens (including phenoxy) is 3. The Morgan fingerprint density at radius 2 is 2.00 bits per heavy atom. The Hall–Kier alpha value is -1.95. The second-order valence-corrected chi connectivity index (χ2v) is 3.51. The van der Waals surface area contributed by atoms with E-state index in [2.05, 4.69) is 5.32 Å². The van der Waals surface area contributed by atoms with Crippen molar-refractivity contribution in [1.82, 2.24) is 0 Å². The fourth-order valence-electron chi connectivity index (χ4n) is 1.43. The van der Waals surface area contributed by atoms with Gasteiger partial charge in [-0.25, -0.2) is 4.79 Å². The van der Waals surface area contributed by atoms with Crippen LogP contribution in [0.25, 0.3) is 0 Å². The minimum atomic E-state index is -0.649. The van der Waals surface area contributed by atoms with Gasteiger partial charge in [-0.2, -0.15) is 0 Å². The van der Waals surface area contributed by atoms with Gasteiger partial charge >= 0.3 is 6.09 Å². The van der Waals surface area contributed by atoms with Crippen LogP contribution in [0.4, 0.5) is 10.5 Å². The first kappa shape index (κ1) is 15.1. The quantitative estimate of drug-likeness (QED) is 0.792. The summed E-state index contributed by atoms with van der Waals surface area (Å²) in [6.07, 6.45) is -0.649. The van der Waals surface area contributed by atoms with Gasteiger partial charge in [0.1, 0.15) is 18.1 Å². The van der Waals surface area contributed by atoms with E-state index in [4.69, 9.17) is 19.3 Å². The summed E-state index contributed by atoms with van der Waals surface area (Å²) in [7, 11) is 0. The second kappa shape index (κ2) is 8.20. The first-order chi connectivity index (χ1) is 9.21. The van der Waals surface area contributed by atoms with Gasteiger partial charge in [-0.15, -0.1) is 0 Å². The molecule has 6 heteroatoms. The van der Waals surface area contributed by atoms with Crippen LogP contribution in [0.1, 0.15) is 13.8 Å². The lowest BCUT2D eigenvalue weighted by atomic mass is 10.2. The van der Waals surface area contributed by atoms with Crippen LogP contribution in [-0.4, -0.2) is 37.6 Å². The lowest BCUT2D eigenvalue weighted by molar-refractivity contribution is 0.131. The van der Waals surface area contributed by atoms with Gasteiger partial charge in [-0.3, -0.25) is 5.32 Å². The fourth-order valence-corrected chi connectivity index (χ4v) is 1.43. The highest BCUT2D eigenvalue weighted by Gasteiger charge is 2.10. The molecule has 0 radical (unpaired) electrons. The summed E-state index contributed by atoms with van der Waals surface area (Å²) < 4.78 is 15.5. The van der Waals surface area contributed by atoms with E-state index in [0.717, 1.165) is 0 Å². The van der Waals surface area contributed by atoms with E-state index in [0.29, 0.717) is 30.4 Å². The molecule has 0 unspecified atom stereocenters. The first-order valence-corrected chi connectivity index (χ1v) is 6.15. The number of hydrogen-bond donors (Lipinski definition) is 2. The number of nitrogens with one attached hydrogen (secondary N) is 1. The van der Waals surface area contributed by atoms with Gasteiger partial charge in [-0.1, -0.05) is 0 Å². The van der Waals surface area contributed by atoms with Gasteiger partial charge in [-0.05, 0) is 26.0 Å². The summed E-state index contributed by atoms with van der Waals surface area (Å²) in [5.41, 5.74) is 0.468. The van der Waals surface area contributed by atoms with E-state index in [-0.39, 0.29) is 13.2 Å². The van der Waals surface area contributed by atoms with Crippen LogP contribution in [0.3, 0.4) is 0 Å². The predicted molar refractivity (Wildman–Crippen MR) is 70.8 cm³/mol. The van der Waals surface area contributed by atoms with Crippen LogP contribution in [0.5, 0.6) is 11.5 Å². The van der Waals surface area contributed by atoms with Gasteiger partial charge in [0, 0.05) is 6.07 Å². The van der Waals surface area contributed by atoms with Crippen LogP contribution in [0.15, 0.2) is 18.2 Å². The number of rotatable bonds is 7. The largest absolute Gasteiger partial charge is 0.494 e. The van der Waals surface area contributed by atoms with Crippen molar-refractivity contribution in [3.05, 3.63) is 18.2 Å². The Labute approximate surface area is 112 Å². The second-order valence-electron chi connectivity index (χ2n) is 3.51. The molecule has 1 rings (SSSR count). The number of anilines is 1. The molecule has 106 valence electrons.